The normalized spacial score (nSPS) is 21.8. The van der Waals surface area contributed by atoms with E-state index in [-0.39, 0.29) is 5.91 Å². The van der Waals surface area contributed by atoms with Crippen LogP contribution in [0, 0.1) is 0 Å². The summed E-state index contributed by atoms with van der Waals surface area (Å²) in [5.74, 6) is -0.196. The molecular weight excluding hydrogens is 271 g/mol. The fraction of sp³-hybridized carbons (Fsp3) is 0.133. The summed E-state index contributed by atoms with van der Waals surface area (Å²) in [6.07, 6.45) is 0. The largest absolute Gasteiger partial charge is 0.276 e. The molecule has 0 N–H and O–H groups in total. The number of amides is 1. The van der Waals surface area contributed by atoms with Crippen LogP contribution in [-0.4, -0.2) is 24.3 Å². The van der Waals surface area contributed by atoms with Crippen LogP contribution in [0.2, 0.25) is 0 Å². The Balaban J connectivity index is 2.29. The topological polar surface area (TPSA) is 40.6 Å². The Kier molecular flexibility index (Phi) is 2.91. The minimum absolute atomic E-state index is 0.196. The van der Waals surface area contributed by atoms with Gasteiger partial charge in [-0.25, -0.2) is 0 Å². The number of rotatable bonds is 1. The number of carbonyl (C=O) groups excluding carboxylic acids is 1. The van der Waals surface area contributed by atoms with Crippen molar-refractivity contribution in [2.75, 3.05) is 18.4 Å². The highest BCUT2D eigenvalue weighted by molar-refractivity contribution is 7.63. The first-order chi connectivity index (χ1) is 9.53. The van der Waals surface area contributed by atoms with E-state index in [1.54, 1.807) is 24.4 Å². The van der Waals surface area contributed by atoms with Gasteiger partial charge in [-0.3, -0.25) is 18.7 Å². The number of benzene rings is 2. The van der Waals surface area contributed by atoms with E-state index in [4.69, 9.17) is 0 Å². The lowest BCUT2D eigenvalue weighted by atomic mass is 10.1. The van der Waals surface area contributed by atoms with Crippen molar-refractivity contribution in [2.24, 2.45) is 0 Å². The first kappa shape index (κ1) is 12.9. The first-order valence-corrected chi connectivity index (χ1v) is 8.40. The Bertz CT molecular complexity index is 715. The van der Waals surface area contributed by atoms with Crippen molar-refractivity contribution in [3.63, 3.8) is 0 Å². The Labute approximate surface area is 118 Å². The van der Waals surface area contributed by atoms with Crippen molar-refractivity contribution >= 4 is 24.7 Å². The molecule has 1 unspecified atom stereocenters. The molecule has 0 aliphatic carbocycles. The third-order valence-corrected chi connectivity index (χ3v) is 6.07. The number of nitrogens with zero attached hydrogens (tertiary/aromatic N) is 2. The van der Waals surface area contributed by atoms with Gasteiger partial charge in [-0.2, -0.15) is 0 Å². The second-order valence-electron chi connectivity index (χ2n) is 4.83. The summed E-state index contributed by atoms with van der Waals surface area (Å²) < 4.78 is 16.2. The maximum Gasteiger partial charge on any atom is 0.266 e. The fourth-order valence-electron chi connectivity index (χ4n) is 2.44. The molecule has 1 aliphatic rings. The average molecular weight is 286 g/mol. The molecule has 2 aromatic carbocycles. The highest BCUT2D eigenvalue weighted by Gasteiger charge is 2.41. The van der Waals surface area contributed by atoms with Crippen molar-refractivity contribution < 1.29 is 9.36 Å². The molecule has 1 atom stereocenters. The smallest absolute Gasteiger partial charge is 0.266 e. The quantitative estimate of drug-likeness (QED) is 0.750. The molecule has 0 fully saturated rings. The fourth-order valence-corrected chi connectivity index (χ4v) is 4.29. The van der Waals surface area contributed by atoms with Gasteiger partial charge in [0.2, 0.25) is 0 Å². The van der Waals surface area contributed by atoms with Gasteiger partial charge in [0.1, 0.15) is 0 Å². The predicted molar refractivity (Wildman–Crippen MR) is 80.6 cm³/mol. The van der Waals surface area contributed by atoms with Crippen molar-refractivity contribution in [3.05, 3.63) is 60.2 Å². The molecule has 0 radical (unpaired) electrons. The van der Waals surface area contributed by atoms with E-state index < -0.39 is 7.44 Å². The third kappa shape index (κ3) is 1.76. The monoisotopic (exact) mass is 286 g/mol. The number of hydrogen-bond acceptors (Lipinski definition) is 2. The van der Waals surface area contributed by atoms with E-state index >= 15 is 0 Å². The van der Waals surface area contributed by atoms with Gasteiger partial charge in [-0.1, -0.05) is 30.3 Å². The minimum Gasteiger partial charge on any atom is -0.276 e. The zero-order valence-electron chi connectivity index (χ0n) is 11.4. The summed E-state index contributed by atoms with van der Waals surface area (Å²) in [5, 5.41) is 0. The van der Waals surface area contributed by atoms with Gasteiger partial charge in [0, 0.05) is 19.4 Å². The van der Waals surface area contributed by atoms with Gasteiger partial charge < -0.3 is 0 Å². The van der Waals surface area contributed by atoms with E-state index in [0.717, 1.165) is 5.69 Å². The van der Waals surface area contributed by atoms with Gasteiger partial charge in [-0.15, -0.1) is 0 Å². The molecular formula is C15H15N2O2P. The standard InChI is InChI=1S/C15H15N2O2P/c1-16-15(18)13-10-6-7-11-14(13)17(20(16,2)19)12-8-4-3-5-9-12/h3-11H,1-2H3. The van der Waals surface area contributed by atoms with Crippen LogP contribution in [0.3, 0.4) is 0 Å². The van der Waals surface area contributed by atoms with Crippen LogP contribution in [0.1, 0.15) is 10.4 Å². The molecule has 102 valence electrons. The van der Waals surface area contributed by atoms with E-state index in [2.05, 4.69) is 0 Å². The summed E-state index contributed by atoms with van der Waals surface area (Å²) in [5.41, 5.74) is 2.10. The lowest BCUT2D eigenvalue weighted by molar-refractivity contribution is 0.0878. The van der Waals surface area contributed by atoms with E-state index in [9.17, 15) is 9.36 Å². The summed E-state index contributed by atoms with van der Waals surface area (Å²) >= 11 is 0. The number of carbonyl (C=O) groups is 1. The van der Waals surface area contributed by atoms with Gasteiger partial charge in [0.15, 0.2) is 0 Å². The van der Waals surface area contributed by atoms with E-state index in [1.165, 1.54) is 4.67 Å². The number of anilines is 2. The molecule has 1 aliphatic heterocycles. The van der Waals surface area contributed by atoms with Crippen molar-refractivity contribution in [3.8, 4) is 0 Å². The van der Waals surface area contributed by atoms with Crippen molar-refractivity contribution in [1.82, 2.24) is 4.67 Å². The first-order valence-electron chi connectivity index (χ1n) is 6.34. The summed E-state index contributed by atoms with van der Waals surface area (Å²) in [4.78, 5) is 12.3. The lowest BCUT2D eigenvalue weighted by Crippen LogP contribution is -2.36. The molecule has 1 amide bonds. The van der Waals surface area contributed by atoms with Crippen LogP contribution in [-0.2, 0) is 4.57 Å². The molecule has 2 aromatic rings. The Morgan fingerprint density at radius 3 is 2.25 bits per heavy atom. The molecule has 20 heavy (non-hydrogen) atoms. The molecule has 0 saturated heterocycles. The van der Waals surface area contributed by atoms with Crippen LogP contribution in [0.5, 0.6) is 0 Å². The molecule has 0 aromatic heterocycles. The summed E-state index contributed by atoms with van der Waals surface area (Å²) in [7, 11) is -1.39. The molecule has 3 rings (SSSR count). The zero-order chi connectivity index (χ0) is 14.3. The molecule has 5 heteroatoms. The highest BCUT2D eigenvalue weighted by atomic mass is 31.2. The summed E-state index contributed by atoms with van der Waals surface area (Å²) in [6.45, 7) is 1.62. The van der Waals surface area contributed by atoms with Gasteiger partial charge in [-0.05, 0) is 24.3 Å². The lowest BCUT2D eigenvalue weighted by Gasteiger charge is -2.41. The SMILES string of the molecule is CN1C(=O)c2ccccc2N(c2ccccc2)P1(C)=O. The second kappa shape index (κ2) is 4.50. The number of hydrogen-bond donors (Lipinski definition) is 0. The zero-order valence-corrected chi connectivity index (χ0v) is 12.2. The van der Waals surface area contributed by atoms with Crippen LogP contribution in [0.15, 0.2) is 54.6 Å². The van der Waals surface area contributed by atoms with Gasteiger partial charge in [0.25, 0.3) is 13.4 Å². The van der Waals surface area contributed by atoms with Crippen LogP contribution in [0.4, 0.5) is 11.4 Å². The third-order valence-electron chi connectivity index (χ3n) is 3.59. The van der Waals surface area contributed by atoms with E-state index in [0.29, 0.717) is 11.3 Å². The van der Waals surface area contributed by atoms with Gasteiger partial charge in [0.05, 0.1) is 11.3 Å². The molecule has 0 saturated carbocycles. The van der Waals surface area contributed by atoms with Crippen molar-refractivity contribution in [2.45, 2.75) is 0 Å². The second-order valence-corrected chi connectivity index (χ2v) is 7.50. The molecule has 4 nitrogen and oxygen atoms in total. The maximum absolute atomic E-state index is 13.1. The van der Waals surface area contributed by atoms with E-state index in [1.807, 2.05) is 48.5 Å². The van der Waals surface area contributed by atoms with Crippen LogP contribution >= 0.6 is 7.44 Å². The van der Waals surface area contributed by atoms with Crippen LogP contribution in [0.25, 0.3) is 0 Å². The molecule has 0 bridgehead atoms. The predicted octanol–water partition coefficient (Wildman–Crippen LogP) is 3.73. The molecule has 1 heterocycles. The Hall–Kier alpha value is -2.06. The Morgan fingerprint density at radius 2 is 1.55 bits per heavy atom. The van der Waals surface area contributed by atoms with Gasteiger partial charge >= 0.3 is 0 Å². The number of fused-ring (bicyclic) bond motifs is 1. The Morgan fingerprint density at radius 1 is 0.950 bits per heavy atom. The number of para-hydroxylation sites is 2. The maximum atomic E-state index is 13.1. The highest BCUT2D eigenvalue weighted by Crippen LogP contribution is 2.59. The molecule has 0 spiro atoms. The summed E-state index contributed by atoms with van der Waals surface area (Å²) in [6, 6.07) is 16.8. The van der Waals surface area contributed by atoms with Crippen molar-refractivity contribution in [1.29, 1.82) is 0 Å². The average Bonchev–Trinajstić information content (AvgIpc) is 2.46. The minimum atomic E-state index is -2.98. The van der Waals surface area contributed by atoms with Crippen LogP contribution < -0.4 is 4.67 Å².